The van der Waals surface area contributed by atoms with Crippen molar-refractivity contribution in [1.82, 2.24) is 5.32 Å². The maximum Gasteiger partial charge on any atom is 0.255 e. The normalized spacial score (nSPS) is 9.69. The molecule has 0 bridgehead atoms. The van der Waals surface area contributed by atoms with Crippen LogP contribution in [0, 0.1) is 13.8 Å². The maximum atomic E-state index is 11.9. The topological polar surface area (TPSA) is 38.3 Å². The molecule has 0 aliphatic rings. The van der Waals surface area contributed by atoms with Gasteiger partial charge in [0.2, 0.25) is 0 Å². The van der Waals surface area contributed by atoms with Crippen molar-refractivity contribution in [2.24, 2.45) is 0 Å². The SMILES string of the molecule is C=CCNC(=O)c1c(C)cc(C)cc1OC. The molecule has 1 aromatic carbocycles. The largest absolute Gasteiger partial charge is 0.496 e. The first-order valence-electron chi connectivity index (χ1n) is 5.14. The van der Waals surface area contributed by atoms with E-state index in [1.165, 1.54) is 0 Å². The Morgan fingerprint density at radius 3 is 2.75 bits per heavy atom. The Bertz CT molecular complexity index is 411. The number of rotatable bonds is 4. The number of amides is 1. The van der Waals surface area contributed by atoms with Crippen LogP contribution in [0.15, 0.2) is 24.8 Å². The molecule has 1 amide bonds. The highest BCUT2D eigenvalue weighted by molar-refractivity contribution is 5.98. The van der Waals surface area contributed by atoms with E-state index in [9.17, 15) is 4.79 Å². The van der Waals surface area contributed by atoms with Crippen LogP contribution in [0.25, 0.3) is 0 Å². The third kappa shape index (κ3) is 2.63. The molecule has 0 aliphatic carbocycles. The number of carbonyl (C=O) groups excluding carboxylic acids is 1. The molecule has 1 rings (SSSR count). The number of hydrogen-bond acceptors (Lipinski definition) is 2. The van der Waals surface area contributed by atoms with E-state index in [0.717, 1.165) is 11.1 Å². The van der Waals surface area contributed by atoms with E-state index < -0.39 is 0 Å². The predicted octanol–water partition coefficient (Wildman–Crippen LogP) is 2.23. The van der Waals surface area contributed by atoms with Gasteiger partial charge in [-0.3, -0.25) is 4.79 Å². The maximum absolute atomic E-state index is 11.9. The minimum absolute atomic E-state index is 0.130. The van der Waals surface area contributed by atoms with Gasteiger partial charge in [-0.25, -0.2) is 0 Å². The molecule has 0 radical (unpaired) electrons. The molecule has 3 heteroatoms. The van der Waals surface area contributed by atoms with Gasteiger partial charge in [0, 0.05) is 6.54 Å². The van der Waals surface area contributed by atoms with Crippen molar-refractivity contribution in [3.63, 3.8) is 0 Å². The predicted molar refractivity (Wildman–Crippen MR) is 65.0 cm³/mol. The third-order valence-electron chi connectivity index (χ3n) is 2.30. The molecule has 0 saturated heterocycles. The lowest BCUT2D eigenvalue weighted by atomic mass is 10.0. The van der Waals surface area contributed by atoms with Gasteiger partial charge in [0.15, 0.2) is 0 Å². The van der Waals surface area contributed by atoms with Crippen LogP contribution >= 0.6 is 0 Å². The van der Waals surface area contributed by atoms with E-state index in [4.69, 9.17) is 4.74 Å². The third-order valence-corrected chi connectivity index (χ3v) is 2.30. The fraction of sp³-hybridized carbons (Fsp3) is 0.308. The standard InChI is InChI=1S/C13H17NO2/c1-5-6-14-13(15)12-10(3)7-9(2)8-11(12)16-4/h5,7-8H,1,6H2,2-4H3,(H,14,15). The minimum Gasteiger partial charge on any atom is -0.496 e. The Labute approximate surface area is 96.1 Å². The first-order chi connectivity index (χ1) is 7.60. The summed E-state index contributed by atoms with van der Waals surface area (Å²) in [7, 11) is 1.57. The molecule has 0 aromatic heterocycles. The summed E-state index contributed by atoms with van der Waals surface area (Å²) < 4.78 is 5.22. The van der Waals surface area contributed by atoms with Crippen molar-refractivity contribution in [3.8, 4) is 5.75 Å². The molecule has 0 saturated carbocycles. The summed E-state index contributed by atoms with van der Waals surface area (Å²) >= 11 is 0. The summed E-state index contributed by atoms with van der Waals surface area (Å²) in [4.78, 5) is 11.9. The molecule has 1 aromatic rings. The zero-order valence-corrected chi connectivity index (χ0v) is 9.96. The van der Waals surface area contributed by atoms with Crippen LogP contribution in [0.4, 0.5) is 0 Å². The van der Waals surface area contributed by atoms with Gasteiger partial charge in [-0.05, 0) is 31.0 Å². The summed E-state index contributed by atoms with van der Waals surface area (Å²) in [6, 6.07) is 3.82. The first-order valence-corrected chi connectivity index (χ1v) is 5.14. The summed E-state index contributed by atoms with van der Waals surface area (Å²) in [5, 5.41) is 2.75. The van der Waals surface area contributed by atoms with Gasteiger partial charge in [0.1, 0.15) is 5.75 Å². The van der Waals surface area contributed by atoms with E-state index in [0.29, 0.717) is 17.9 Å². The van der Waals surface area contributed by atoms with E-state index in [1.807, 2.05) is 26.0 Å². The van der Waals surface area contributed by atoms with Crippen LogP contribution in [0.5, 0.6) is 5.75 Å². The fourth-order valence-corrected chi connectivity index (χ4v) is 1.63. The quantitative estimate of drug-likeness (QED) is 0.789. The smallest absolute Gasteiger partial charge is 0.255 e. The lowest BCUT2D eigenvalue weighted by Gasteiger charge is -2.12. The van der Waals surface area contributed by atoms with E-state index in [1.54, 1.807) is 13.2 Å². The van der Waals surface area contributed by atoms with Crippen molar-refractivity contribution >= 4 is 5.91 Å². The molecule has 86 valence electrons. The van der Waals surface area contributed by atoms with Crippen LogP contribution in [-0.4, -0.2) is 19.6 Å². The number of nitrogens with one attached hydrogen (secondary N) is 1. The summed E-state index contributed by atoms with van der Waals surface area (Å²) in [6.45, 7) is 7.89. The molecule has 1 N–H and O–H groups in total. The van der Waals surface area contributed by atoms with Gasteiger partial charge < -0.3 is 10.1 Å². The minimum atomic E-state index is -0.130. The molecular weight excluding hydrogens is 202 g/mol. The summed E-state index contributed by atoms with van der Waals surface area (Å²) in [5.41, 5.74) is 2.59. The molecule has 0 unspecified atom stereocenters. The lowest BCUT2D eigenvalue weighted by molar-refractivity contribution is 0.0954. The highest BCUT2D eigenvalue weighted by atomic mass is 16.5. The lowest BCUT2D eigenvalue weighted by Crippen LogP contribution is -2.24. The molecule has 16 heavy (non-hydrogen) atoms. The molecule has 3 nitrogen and oxygen atoms in total. The van der Waals surface area contributed by atoms with E-state index >= 15 is 0 Å². The zero-order chi connectivity index (χ0) is 12.1. The van der Waals surface area contributed by atoms with Crippen molar-refractivity contribution in [1.29, 1.82) is 0 Å². The molecule has 0 atom stereocenters. The fourth-order valence-electron chi connectivity index (χ4n) is 1.63. The first kappa shape index (κ1) is 12.3. The van der Waals surface area contributed by atoms with Crippen LogP contribution in [0.3, 0.4) is 0 Å². The van der Waals surface area contributed by atoms with Crippen molar-refractivity contribution in [2.45, 2.75) is 13.8 Å². The highest BCUT2D eigenvalue weighted by Gasteiger charge is 2.14. The molecule has 0 fully saturated rings. The Balaban J connectivity index is 3.10. The Morgan fingerprint density at radius 2 is 2.19 bits per heavy atom. The van der Waals surface area contributed by atoms with Crippen LogP contribution in [0.1, 0.15) is 21.5 Å². The second-order valence-corrected chi connectivity index (χ2v) is 3.66. The second kappa shape index (κ2) is 5.35. The zero-order valence-electron chi connectivity index (χ0n) is 9.96. The summed E-state index contributed by atoms with van der Waals surface area (Å²) in [5.74, 6) is 0.480. The van der Waals surface area contributed by atoms with E-state index in [-0.39, 0.29) is 5.91 Å². The van der Waals surface area contributed by atoms with Gasteiger partial charge in [0.05, 0.1) is 12.7 Å². The monoisotopic (exact) mass is 219 g/mol. The van der Waals surface area contributed by atoms with Gasteiger partial charge >= 0.3 is 0 Å². The number of ether oxygens (including phenoxy) is 1. The average molecular weight is 219 g/mol. The number of methoxy groups -OCH3 is 1. The van der Waals surface area contributed by atoms with Gasteiger partial charge in [-0.15, -0.1) is 6.58 Å². The molecular formula is C13H17NO2. The van der Waals surface area contributed by atoms with Crippen molar-refractivity contribution in [2.75, 3.05) is 13.7 Å². The van der Waals surface area contributed by atoms with Gasteiger partial charge in [0.25, 0.3) is 5.91 Å². The van der Waals surface area contributed by atoms with Crippen molar-refractivity contribution < 1.29 is 9.53 Å². The number of benzene rings is 1. The van der Waals surface area contributed by atoms with Gasteiger partial charge in [-0.1, -0.05) is 12.1 Å². The Morgan fingerprint density at radius 1 is 1.50 bits per heavy atom. The number of aryl methyl sites for hydroxylation is 2. The van der Waals surface area contributed by atoms with Crippen LogP contribution in [-0.2, 0) is 0 Å². The average Bonchev–Trinajstić information content (AvgIpc) is 2.24. The molecule has 0 heterocycles. The van der Waals surface area contributed by atoms with Crippen LogP contribution in [0.2, 0.25) is 0 Å². The van der Waals surface area contributed by atoms with Gasteiger partial charge in [-0.2, -0.15) is 0 Å². The molecule has 0 spiro atoms. The highest BCUT2D eigenvalue weighted by Crippen LogP contribution is 2.23. The Hall–Kier alpha value is -1.77. The van der Waals surface area contributed by atoms with E-state index in [2.05, 4.69) is 11.9 Å². The number of carbonyl (C=O) groups is 1. The number of hydrogen-bond donors (Lipinski definition) is 1. The second-order valence-electron chi connectivity index (χ2n) is 3.66. The van der Waals surface area contributed by atoms with Crippen LogP contribution < -0.4 is 10.1 Å². The Kier molecular flexibility index (Phi) is 4.11. The van der Waals surface area contributed by atoms with Crippen molar-refractivity contribution in [3.05, 3.63) is 41.5 Å². The molecule has 0 aliphatic heterocycles. The summed E-state index contributed by atoms with van der Waals surface area (Å²) in [6.07, 6.45) is 1.65.